The Kier molecular flexibility index (Phi) is 4.79. The number of aromatic amines is 1. The molecule has 0 aromatic carbocycles. The fourth-order valence-electron chi connectivity index (χ4n) is 3.94. The molecule has 0 bridgehead atoms. The third-order valence-electron chi connectivity index (χ3n) is 5.13. The molecule has 1 aliphatic carbocycles. The number of piperidine rings is 1. The second kappa shape index (κ2) is 6.78. The molecule has 2 aliphatic rings. The van der Waals surface area contributed by atoms with Crippen LogP contribution >= 0.6 is 0 Å². The molecular weight excluding hydrogens is 258 g/mol. The maximum absolute atomic E-state index is 4.31. The number of nitrogens with one attached hydrogen (secondary N) is 1. The molecular formula is C18H29N3. The number of rotatable bonds is 4. The van der Waals surface area contributed by atoms with Crippen LogP contribution in [0.25, 0.3) is 0 Å². The second-order valence-electron chi connectivity index (χ2n) is 7.14. The molecule has 1 saturated heterocycles. The number of likely N-dealkylation sites (tertiary alicyclic amines) is 1. The van der Waals surface area contributed by atoms with Gasteiger partial charge in [-0.05, 0) is 56.0 Å². The van der Waals surface area contributed by atoms with Gasteiger partial charge in [0.1, 0.15) is 0 Å². The van der Waals surface area contributed by atoms with Gasteiger partial charge in [-0.15, -0.1) is 0 Å². The van der Waals surface area contributed by atoms with Crippen LogP contribution in [0.3, 0.4) is 0 Å². The van der Waals surface area contributed by atoms with Gasteiger partial charge in [-0.2, -0.15) is 5.10 Å². The number of allylic oxidation sites excluding steroid dienone is 2. The first-order valence-corrected chi connectivity index (χ1v) is 8.64. The van der Waals surface area contributed by atoms with Gasteiger partial charge in [0.25, 0.3) is 0 Å². The van der Waals surface area contributed by atoms with Crippen molar-refractivity contribution < 1.29 is 0 Å². The smallest absolute Gasteiger partial charge is 0.0524 e. The summed E-state index contributed by atoms with van der Waals surface area (Å²) in [7, 11) is 0. The fraction of sp³-hybridized carbons (Fsp3) is 0.722. The van der Waals surface area contributed by atoms with Gasteiger partial charge in [0.15, 0.2) is 0 Å². The summed E-state index contributed by atoms with van der Waals surface area (Å²) in [5, 5.41) is 7.60. The number of H-pyrrole nitrogens is 1. The highest BCUT2D eigenvalue weighted by Crippen LogP contribution is 2.32. The maximum atomic E-state index is 4.31. The summed E-state index contributed by atoms with van der Waals surface area (Å²) in [6, 6.07) is 0. The van der Waals surface area contributed by atoms with Crippen LogP contribution in [0.1, 0.15) is 69.0 Å². The summed E-state index contributed by atoms with van der Waals surface area (Å²) in [6.45, 7) is 8.31. The highest BCUT2D eigenvalue weighted by atomic mass is 15.2. The van der Waals surface area contributed by atoms with Crippen LogP contribution in [-0.2, 0) is 0 Å². The van der Waals surface area contributed by atoms with Crippen molar-refractivity contribution in [1.29, 1.82) is 0 Å². The first-order valence-electron chi connectivity index (χ1n) is 8.64. The molecule has 0 spiro atoms. The Hall–Kier alpha value is -1.09. The molecule has 1 N–H and O–H groups in total. The molecule has 21 heavy (non-hydrogen) atoms. The number of hydrogen-bond donors (Lipinski definition) is 1. The summed E-state index contributed by atoms with van der Waals surface area (Å²) >= 11 is 0. The molecule has 0 radical (unpaired) electrons. The molecule has 1 aliphatic heterocycles. The lowest BCUT2D eigenvalue weighted by molar-refractivity contribution is 0.172. The lowest BCUT2D eigenvalue weighted by Crippen LogP contribution is -2.38. The van der Waals surface area contributed by atoms with Gasteiger partial charge in [-0.1, -0.05) is 26.0 Å². The highest BCUT2D eigenvalue weighted by Gasteiger charge is 2.26. The van der Waals surface area contributed by atoms with Crippen LogP contribution in [-0.4, -0.2) is 34.7 Å². The van der Waals surface area contributed by atoms with Gasteiger partial charge in [0, 0.05) is 24.7 Å². The van der Waals surface area contributed by atoms with Gasteiger partial charge >= 0.3 is 0 Å². The molecule has 2 heterocycles. The van der Waals surface area contributed by atoms with Crippen LogP contribution in [0.15, 0.2) is 18.3 Å². The molecule has 3 heteroatoms. The molecule has 1 aromatic heterocycles. The van der Waals surface area contributed by atoms with E-state index in [1.165, 1.54) is 63.0 Å². The summed E-state index contributed by atoms with van der Waals surface area (Å²) in [5.41, 5.74) is 2.82. The van der Waals surface area contributed by atoms with Crippen LogP contribution in [0.4, 0.5) is 0 Å². The van der Waals surface area contributed by atoms with Crippen LogP contribution < -0.4 is 0 Å². The molecule has 3 nitrogen and oxygen atoms in total. The first kappa shape index (κ1) is 14.8. The molecule has 1 aromatic rings. The maximum Gasteiger partial charge on any atom is 0.0524 e. The zero-order valence-corrected chi connectivity index (χ0v) is 13.5. The fourth-order valence-corrected chi connectivity index (χ4v) is 3.94. The van der Waals surface area contributed by atoms with Crippen molar-refractivity contribution in [2.45, 2.75) is 57.8 Å². The van der Waals surface area contributed by atoms with E-state index in [4.69, 9.17) is 0 Å². The normalized spacial score (nSPS) is 27.4. The predicted octanol–water partition coefficient (Wildman–Crippen LogP) is 4.07. The van der Waals surface area contributed by atoms with Crippen molar-refractivity contribution >= 4 is 0 Å². The van der Waals surface area contributed by atoms with Crippen LogP contribution in [0, 0.1) is 5.92 Å². The number of nitrogens with zero attached hydrogens (tertiary/aromatic N) is 2. The topological polar surface area (TPSA) is 31.9 Å². The van der Waals surface area contributed by atoms with Crippen molar-refractivity contribution in [1.82, 2.24) is 15.1 Å². The quantitative estimate of drug-likeness (QED) is 0.847. The van der Waals surface area contributed by atoms with Gasteiger partial charge in [-0.3, -0.25) is 5.10 Å². The SMILES string of the molecule is CC(C)c1cn[nH]c1[C@H]1CCCN(C[C@H]2CC=CCC2)C1. The van der Waals surface area contributed by atoms with E-state index in [0.29, 0.717) is 11.8 Å². The summed E-state index contributed by atoms with van der Waals surface area (Å²) in [5.74, 6) is 2.09. The van der Waals surface area contributed by atoms with Crippen molar-refractivity contribution in [3.05, 3.63) is 29.6 Å². The zero-order valence-electron chi connectivity index (χ0n) is 13.5. The van der Waals surface area contributed by atoms with Gasteiger partial charge in [0.2, 0.25) is 0 Å². The monoisotopic (exact) mass is 287 g/mol. The lowest BCUT2D eigenvalue weighted by Gasteiger charge is -2.35. The van der Waals surface area contributed by atoms with E-state index in [1.807, 2.05) is 6.20 Å². The average molecular weight is 287 g/mol. The van der Waals surface area contributed by atoms with Gasteiger partial charge < -0.3 is 4.90 Å². The van der Waals surface area contributed by atoms with E-state index >= 15 is 0 Å². The average Bonchev–Trinajstić information content (AvgIpc) is 2.98. The minimum absolute atomic E-state index is 0.567. The molecule has 2 atom stereocenters. The summed E-state index contributed by atoms with van der Waals surface area (Å²) in [4.78, 5) is 2.70. The molecule has 3 rings (SSSR count). The number of hydrogen-bond acceptors (Lipinski definition) is 2. The van der Waals surface area contributed by atoms with E-state index in [-0.39, 0.29) is 0 Å². The van der Waals surface area contributed by atoms with E-state index in [9.17, 15) is 0 Å². The minimum Gasteiger partial charge on any atom is -0.302 e. The molecule has 0 unspecified atom stereocenters. The Bertz CT molecular complexity index is 475. The largest absolute Gasteiger partial charge is 0.302 e. The Balaban J connectivity index is 1.62. The molecule has 116 valence electrons. The standard InChI is InChI=1S/C18H29N3/c1-14(2)17-11-19-20-18(17)16-9-6-10-21(13-16)12-15-7-4-3-5-8-15/h3-4,11,14-16H,5-10,12-13H2,1-2H3,(H,19,20)/t15-,16-/m0/s1. The van der Waals surface area contributed by atoms with Crippen LogP contribution in [0.5, 0.6) is 0 Å². The molecule has 0 saturated carbocycles. The second-order valence-corrected chi connectivity index (χ2v) is 7.14. The highest BCUT2D eigenvalue weighted by molar-refractivity contribution is 5.24. The molecule has 1 fully saturated rings. The lowest BCUT2D eigenvalue weighted by atomic mass is 9.88. The third kappa shape index (κ3) is 3.57. The Labute approximate surface area is 128 Å². The summed E-state index contributed by atoms with van der Waals surface area (Å²) < 4.78 is 0. The Morgan fingerprint density at radius 3 is 3.00 bits per heavy atom. The first-order chi connectivity index (χ1) is 10.2. The Morgan fingerprint density at radius 1 is 1.33 bits per heavy atom. The third-order valence-corrected chi connectivity index (χ3v) is 5.13. The van der Waals surface area contributed by atoms with E-state index < -0.39 is 0 Å². The van der Waals surface area contributed by atoms with Crippen molar-refractivity contribution in [3.8, 4) is 0 Å². The van der Waals surface area contributed by atoms with Crippen LogP contribution in [0.2, 0.25) is 0 Å². The number of aromatic nitrogens is 2. The van der Waals surface area contributed by atoms with E-state index in [1.54, 1.807) is 0 Å². The van der Waals surface area contributed by atoms with E-state index in [2.05, 4.69) is 41.1 Å². The minimum atomic E-state index is 0.567. The van der Waals surface area contributed by atoms with Crippen molar-refractivity contribution in [3.63, 3.8) is 0 Å². The predicted molar refractivity (Wildman–Crippen MR) is 87.6 cm³/mol. The van der Waals surface area contributed by atoms with Crippen molar-refractivity contribution in [2.24, 2.45) is 5.92 Å². The summed E-state index contributed by atoms with van der Waals surface area (Å²) in [6.07, 6.45) is 13.3. The van der Waals surface area contributed by atoms with Crippen molar-refractivity contribution in [2.75, 3.05) is 19.6 Å². The van der Waals surface area contributed by atoms with Gasteiger partial charge in [-0.25, -0.2) is 0 Å². The van der Waals surface area contributed by atoms with Gasteiger partial charge in [0.05, 0.1) is 6.20 Å². The van der Waals surface area contributed by atoms with E-state index in [0.717, 1.165) is 5.92 Å². The zero-order chi connectivity index (χ0) is 14.7. The Morgan fingerprint density at radius 2 is 2.24 bits per heavy atom. The molecule has 0 amide bonds.